The van der Waals surface area contributed by atoms with E-state index >= 15 is 0 Å². The number of nitrogens with zero attached hydrogens (tertiary/aromatic N) is 2. The van der Waals surface area contributed by atoms with E-state index in [0.717, 1.165) is 22.2 Å². The van der Waals surface area contributed by atoms with Gasteiger partial charge in [0.2, 0.25) is 0 Å². The fourth-order valence-electron chi connectivity index (χ4n) is 3.76. The summed E-state index contributed by atoms with van der Waals surface area (Å²) in [4.78, 5) is 49.5. The zero-order valence-corrected chi connectivity index (χ0v) is 22.0. The molecule has 1 aliphatic heterocycles. The molecule has 1 aliphatic rings. The zero-order chi connectivity index (χ0) is 27.9. The summed E-state index contributed by atoms with van der Waals surface area (Å²) in [5, 5.41) is 13.2. The van der Waals surface area contributed by atoms with Crippen LogP contribution in [0.15, 0.2) is 71.6 Å². The molecule has 0 unspecified atom stereocenters. The van der Waals surface area contributed by atoms with Crippen molar-refractivity contribution in [1.29, 1.82) is 0 Å². The highest BCUT2D eigenvalue weighted by Gasteiger charge is 2.35. The summed E-state index contributed by atoms with van der Waals surface area (Å²) in [5.41, 5.74) is 2.82. The summed E-state index contributed by atoms with van der Waals surface area (Å²) in [6.45, 7) is 3.86. The fraction of sp³-hybridized carbons (Fsp3) is 0.179. The molecule has 4 rings (SSSR count). The van der Waals surface area contributed by atoms with Crippen molar-refractivity contribution < 1.29 is 28.8 Å². The van der Waals surface area contributed by atoms with Crippen LogP contribution in [0.1, 0.15) is 23.6 Å². The Labute approximate surface area is 228 Å². The molecular formula is C28H25N3O7S. The van der Waals surface area contributed by atoms with Crippen LogP contribution in [0.2, 0.25) is 0 Å². The SMILES string of the molecule is CCOc1cc(C=C2SC(=O)N(Cc3ccc([N+](=O)[O-])cc3)C2=O)ccc1OCC(=O)Nc1cccc(C)c1. The minimum Gasteiger partial charge on any atom is -0.490 e. The number of imide groups is 1. The van der Waals surface area contributed by atoms with Crippen LogP contribution < -0.4 is 14.8 Å². The number of carbonyl (C=O) groups excluding carboxylic acids is 3. The Morgan fingerprint density at radius 2 is 1.82 bits per heavy atom. The summed E-state index contributed by atoms with van der Waals surface area (Å²) in [7, 11) is 0. The lowest BCUT2D eigenvalue weighted by atomic mass is 10.1. The Morgan fingerprint density at radius 1 is 1.05 bits per heavy atom. The number of nitro benzene ring substituents is 1. The van der Waals surface area contributed by atoms with Gasteiger partial charge in [-0.2, -0.15) is 0 Å². The first-order valence-electron chi connectivity index (χ1n) is 12.0. The number of hydrogen-bond donors (Lipinski definition) is 1. The molecule has 10 nitrogen and oxygen atoms in total. The average Bonchev–Trinajstić information content (AvgIpc) is 3.16. The minimum absolute atomic E-state index is 0.00158. The van der Waals surface area contributed by atoms with Crippen LogP contribution in [-0.4, -0.2) is 40.1 Å². The molecule has 0 bridgehead atoms. The third-order valence-electron chi connectivity index (χ3n) is 5.59. The van der Waals surface area contributed by atoms with Gasteiger partial charge in [-0.3, -0.25) is 29.4 Å². The Bertz CT molecular complexity index is 1450. The van der Waals surface area contributed by atoms with Gasteiger partial charge in [0.25, 0.3) is 22.7 Å². The monoisotopic (exact) mass is 547 g/mol. The van der Waals surface area contributed by atoms with Gasteiger partial charge in [0, 0.05) is 17.8 Å². The molecule has 1 N–H and O–H groups in total. The number of benzene rings is 3. The highest BCUT2D eigenvalue weighted by molar-refractivity contribution is 8.18. The second-order valence-corrected chi connectivity index (χ2v) is 9.53. The number of aryl methyl sites for hydroxylation is 1. The van der Waals surface area contributed by atoms with Gasteiger partial charge in [0.15, 0.2) is 18.1 Å². The van der Waals surface area contributed by atoms with Gasteiger partial charge >= 0.3 is 0 Å². The van der Waals surface area contributed by atoms with Crippen LogP contribution in [0, 0.1) is 17.0 Å². The maximum atomic E-state index is 12.9. The number of rotatable bonds is 10. The van der Waals surface area contributed by atoms with Crippen LogP contribution in [0.5, 0.6) is 11.5 Å². The van der Waals surface area contributed by atoms with E-state index in [1.807, 2.05) is 32.0 Å². The van der Waals surface area contributed by atoms with E-state index in [1.165, 1.54) is 24.3 Å². The van der Waals surface area contributed by atoms with Crippen molar-refractivity contribution >= 4 is 46.3 Å². The molecule has 0 saturated carbocycles. The number of ether oxygens (including phenoxy) is 2. The van der Waals surface area contributed by atoms with E-state index in [-0.39, 0.29) is 29.7 Å². The summed E-state index contributed by atoms with van der Waals surface area (Å²) in [5.74, 6) is -0.0392. The number of thioether (sulfide) groups is 1. The average molecular weight is 548 g/mol. The van der Waals surface area contributed by atoms with Crippen LogP contribution in [-0.2, 0) is 16.1 Å². The van der Waals surface area contributed by atoms with E-state index in [1.54, 1.807) is 30.3 Å². The summed E-state index contributed by atoms with van der Waals surface area (Å²) < 4.78 is 11.4. The summed E-state index contributed by atoms with van der Waals surface area (Å²) in [6.07, 6.45) is 1.58. The molecule has 0 aromatic heterocycles. The number of nitro groups is 1. The Balaban J connectivity index is 1.43. The lowest BCUT2D eigenvalue weighted by Gasteiger charge is -2.13. The molecule has 200 valence electrons. The lowest BCUT2D eigenvalue weighted by molar-refractivity contribution is -0.384. The molecule has 3 aromatic carbocycles. The van der Waals surface area contributed by atoms with Gasteiger partial charge < -0.3 is 14.8 Å². The predicted octanol–water partition coefficient (Wildman–Crippen LogP) is 5.56. The van der Waals surface area contributed by atoms with E-state index in [9.17, 15) is 24.5 Å². The first-order valence-corrected chi connectivity index (χ1v) is 12.8. The van der Waals surface area contributed by atoms with Crippen LogP contribution in [0.3, 0.4) is 0 Å². The van der Waals surface area contributed by atoms with Crippen molar-refractivity contribution in [1.82, 2.24) is 4.90 Å². The Morgan fingerprint density at radius 3 is 2.51 bits per heavy atom. The molecule has 3 aromatic rings. The summed E-state index contributed by atoms with van der Waals surface area (Å²) in [6, 6.07) is 18.1. The van der Waals surface area contributed by atoms with Gasteiger partial charge in [-0.1, -0.05) is 30.3 Å². The van der Waals surface area contributed by atoms with E-state index < -0.39 is 16.1 Å². The van der Waals surface area contributed by atoms with Crippen molar-refractivity contribution in [2.45, 2.75) is 20.4 Å². The molecule has 1 heterocycles. The largest absolute Gasteiger partial charge is 0.490 e. The van der Waals surface area contributed by atoms with Crippen LogP contribution >= 0.6 is 11.8 Å². The van der Waals surface area contributed by atoms with Gasteiger partial charge in [-0.25, -0.2) is 0 Å². The smallest absolute Gasteiger partial charge is 0.293 e. The quantitative estimate of drug-likeness (QED) is 0.199. The zero-order valence-electron chi connectivity index (χ0n) is 21.2. The van der Waals surface area contributed by atoms with Gasteiger partial charge in [0.1, 0.15) is 0 Å². The van der Waals surface area contributed by atoms with Gasteiger partial charge in [-0.15, -0.1) is 0 Å². The van der Waals surface area contributed by atoms with Crippen molar-refractivity contribution in [3.05, 3.63) is 98.4 Å². The van der Waals surface area contributed by atoms with E-state index in [2.05, 4.69) is 5.32 Å². The molecular weight excluding hydrogens is 522 g/mol. The Kier molecular flexibility index (Phi) is 8.62. The normalized spacial score (nSPS) is 14.0. The Hall–Kier alpha value is -4.64. The van der Waals surface area contributed by atoms with Crippen LogP contribution in [0.4, 0.5) is 16.2 Å². The molecule has 0 radical (unpaired) electrons. The molecule has 11 heteroatoms. The highest BCUT2D eigenvalue weighted by atomic mass is 32.2. The standard InChI is InChI=1S/C28H25N3O7S/c1-3-37-24-14-20(9-12-23(24)38-17-26(32)29-21-6-4-5-18(2)13-21)15-25-27(33)30(28(34)39-25)16-19-7-10-22(11-8-19)31(35)36/h4-15H,3,16-17H2,1-2H3,(H,29,32). The molecule has 39 heavy (non-hydrogen) atoms. The van der Waals surface area contributed by atoms with Crippen molar-refractivity contribution in [2.75, 3.05) is 18.5 Å². The molecule has 0 atom stereocenters. The number of nitrogens with one attached hydrogen (secondary N) is 1. The van der Waals surface area contributed by atoms with E-state index in [4.69, 9.17) is 9.47 Å². The number of carbonyl (C=O) groups is 3. The minimum atomic E-state index is -0.514. The van der Waals surface area contributed by atoms with Crippen molar-refractivity contribution in [3.8, 4) is 11.5 Å². The molecule has 3 amide bonds. The maximum Gasteiger partial charge on any atom is 0.293 e. The molecule has 0 aliphatic carbocycles. The first kappa shape index (κ1) is 27.4. The third-order valence-corrected chi connectivity index (χ3v) is 6.49. The van der Waals surface area contributed by atoms with Gasteiger partial charge in [-0.05, 0) is 72.6 Å². The first-order chi connectivity index (χ1) is 18.7. The third kappa shape index (κ3) is 7.02. The molecule has 1 saturated heterocycles. The fourth-order valence-corrected chi connectivity index (χ4v) is 4.60. The summed E-state index contributed by atoms with van der Waals surface area (Å²) >= 11 is 0.809. The number of hydrogen-bond acceptors (Lipinski definition) is 8. The topological polar surface area (TPSA) is 128 Å². The number of amides is 3. The number of anilines is 1. The van der Waals surface area contributed by atoms with Crippen molar-refractivity contribution in [3.63, 3.8) is 0 Å². The lowest BCUT2D eigenvalue weighted by Crippen LogP contribution is -2.27. The second kappa shape index (κ2) is 12.3. The second-order valence-electron chi connectivity index (χ2n) is 8.54. The highest BCUT2D eigenvalue weighted by Crippen LogP contribution is 2.35. The van der Waals surface area contributed by atoms with Crippen LogP contribution in [0.25, 0.3) is 6.08 Å². The van der Waals surface area contributed by atoms with E-state index in [0.29, 0.717) is 34.9 Å². The molecule has 1 fully saturated rings. The number of non-ortho nitro benzene ring substituents is 1. The van der Waals surface area contributed by atoms with Gasteiger partial charge in [0.05, 0.1) is 23.0 Å². The van der Waals surface area contributed by atoms with Crippen molar-refractivity contribution in [2.24, 2.45) is 0 Å². The molecule has 0 spiro atoms. The maximum absolute atomic E-state index is 12.9. The predicted molar refractivity (Wildman–Crippen MR) is 148 cm³/mol.